The molecule has 1 aliphatic heterocycles. The second-order valence-electron chi connectivity index (χ2n) is 5.71. The Hall–Kier alpha value is -1.59. The molecule has 128 valence electrons. The van der Waals surface area contributed by atoms with Crippen molar-refractivity contribution in [3.05, 3.63) is 30.3 Å². The SMILES string of the molecule is CCN(C(=O)C(C)CNC)C1CCN(c2ccccc2)C1=O.Cl. The Morgan fingerprint density at radius 2 is 2.04 bits per heavy atom. The first-order chi connectivity index (χ1) is 10.6. The first kappa shape index (κ1) is 19.5. The molecular weight excluding hydrogens is 314 g/mol. The van der Waals surface area contributed by atoms with Gasteiger partial charge in [-0.3, -0.25) is 9.59 Å². The first-order valence-electron chi connectivity index (χ1n) is 7.91. The van der Waals surface area contributed by atoms with Gasteiger partial charge in [0.05, 0.1) is 0 Å². The normalized spacial score (nSPS) is 18.5. The van der Waals surface area contributed by atoms with Crippen molar-refractivity contribution in [3.8, 4) is 0 Å². The molecule has 1 heterocycles. The van der Waals surface area contributed by atoms with Crippen LogP contribution >= 0.6 is 12.4 Å². The zero-order chi connectivity index (χ0) is 16.1. The van der Waals surface area contributed by atoms with Crippen LogP contribution in [-0.4, -0.2) is 49.4 Å². The second-order valence-corrected chi connectivity index (χ2v) is 5.71. The molecule has 23 heavy (non-hydrogen) atoms. The van der Waals surface area contributed by atoms with Crippen LogP contribution in [0.15, 0.2) is 30.3 Å². The van der Waals surface area contributed by atoms with Gasteiger partial charge in [-0.2, -0.15) is 0 Å². The minimum Gasteiger partial charge on any atom is -0.331 e. The fraction of sp³-hybridized carbons (Fsp3) is 0.529. The molecule has 1 aromatic carbocycles. The van der Waals surface area contributed by atoms with E-state index in [0.717, 1.165) is 5.69 Å². The van der Waals surface area contributed by atoms with Crippen LogP contribution in [0.4, 0.5) is 5.69 Å². The van der Waals surface area contributed by atoms with E-state index in [0.29, 0.717) is 26.1 Å². The Bertz CT molecular complexity index is 524. The van der Waals surface area contributed by atoms with Crippen molar-refractivity contribution in [2.75, 3.05) is 31.6 Å². The highest BCUT2D eigenvalue weighted by Crippen LogP contribution is 2.25. The number of hydrogen-bond donors (Lipinski definition) is 1. The summed E-state index contributed by atoms with van der Waals surface area (Å²) in [4.78, 5) is 28.8. The second kappa shape index (κ2) is 8.89. The number of likely N-dealkylation sites (N-methyl/N-ethyl adjacent to an activating group) is 1. The molecule has 5 nitrogen and oxygen atoms in total. The van der Waals surface area contributed by atoms with E-state index in [1.807, 2.05) is 51.2 Å². The minimum atomic E-state index is -0.336. The summed E-state index contributed by atoms with van der Waals surface area (Å²) in [6.07, 6.45) is 0.694. The number of nitrogens with zero attached hydrogens (tertiary/aromatic N) is 2. The van der Waals surface area contributed by atoms with E-state index < -0.39 is 0 Å². The Balaban J connectivity index is 0.00000264. The zero-order valence-corrected chi connectivity index (χ0v) is 14.8. The smallest absolute Gasteiger partial charge is 0.249 e. The lowest BCUT2D eigenvalue weighted by atomic mass is 10.1. The van der Waals surface area contributed by atoms with Gasteiger partial charge in [0.2, 0.25) is 11.8 Å². The number of hydrogen-bond acceptors (Lipinski definition) is 3. The Morgan fingerprint density at radius 3 is 2.61 bits per heavy atom. The van der Waals surface area contributed by atoms with Gasteiger partial charge in [0.15, 0.2) is 0 Å². The van der Waals surface area contributed by atoms with Crippen LogP contribution in [0.2, 0.25) is 0 Å². The molecule has 2 atom stereocenters. The van der Waals surface area contributed by atoms with E-state index >= 15 is 0 Å². The molecule has 1 saturated heterocycles. The van der Waals surface area contributed by atoms with Gasteiger partial charge in [0.25, 0.3) is 0 Å². The number of nitrogens with one attached hydrogen (secondary N) is 1. The maximum Gasteiger partial charge on any atom is 0.249 e. The standard InChI is InChI=1S/C17H25N3O2.ClH/c1-4-19(16(21)13(2)12-18-3)15-10-11-20(17(15)22)14-8-6-5-7-9-14;/h5-9,13,15,18H,4,10-12H2,1-3H3;1H. The third-order valence-electron chi connectivity index (χ3n) is 4.18. The van der Waals surface area contributed by atoms with Crippen LogP contribution in [0, 0.1) is 5.92 Å². The monoisotopic (exact) mass is 339 g/mol. The molecule has 0 saturated carbocycles. The number of para-hydroxylation sites is 1. The first-order valence-corrected chi connectivity index (χ1v) is 7.91. The van der Waals surface area contributed by atoms with E-state index in [9.17, 15) is 9.59 Å². The number of rotatable bonds is 6. The molecule has 0 spiro atoms. The highest BCUT2D eigenvalue weighted by molar-refractivity contribution is 6.01. The lowest BCUT2D eigenvalue weighted by Crippen LogP contribution is -2.48. The van der Waals surface area contributed by atoms with Gasteiger partial charge in [-0.15, -0.1) is 12.4 Å². The quantitative estimate of drug-likeness (QED) is 0.861. The average molecular weight is 340 g/mol. The third-order valence-corrected chi connectivity index (χ3v) is 4.18. The van der Waals surface area contributed by atoms with Crippen LogP contribution in [0.25, 0.3) is 0 Å². The summed E-state index contributed by atoms with van der Waals surface area (Å²) in [5.41, 5.74) is 0.904. The molecule has 1 aromatic rings. The number of anilines is 1. The number of carbonyl (C=O) groups is 2. The molecule has 1 fully saturated rings. The van der Waals surface area contributed by atoms with Crippen molar-refractivity contribution in [1.82, 2.24) is 10.2 Å². The van der Waals surface area contributed by atoms with E-state index in [1.165, 1.54) is 0 Å². The molecule has 0 aromatic heterocycles. The lowest BCUT2D eigenvalue weighted by molar-refractivity contribution is -0.141. The van der Waals surface area contributed by atoms with Crippen molar-refractivity contribution in [3.63, 3.8) is 0 Å². The summed E-state index contributed by atoms with van der Waals surface area (Å²) in [6.45, 7) is 5.68. The summed E-state index contributed by atoms with van der Waals surface area (Å²) in [5, 5.41) is 3.02. The molecule has 0 bridgehead atoms. The van der Waals surface area contributed by atoms with Crippen molar-refractivity contribution in [1.29, 1.82) is 0 Å². The van der Waals surface area contributed by atoms with Crippen LogP contribution in [-0.2, 0) is 9.59 Å². The predicted octanol–water partition coefficient (Wildman–Crippen LogP) is 1.92. The molecule has 0 radical (unpaired) electrons. The minimum absolute atomic E-state index is 0. The molecule has 1 aliphatic rings. The maximum absolute atomic E-state index is 12.7. The number of benzene rings is 1. The highest BCUT2D eigenvalue weighted by Gasteiger charge is 2.38. The van der Waals surface area contributed by atoms with E-state index in [1.54, 1.807) is 9.80 Å². The van der Waals surface area contributed by atoms with Gasteiger partial charge >= 0.3 is 0 Å². The third kappa shape index (κ3) is 4.24. The number of halogens is 1. The Morgan fingerprint density at radius 1 is 1.39 bits per heavy atom. The number of amides is 2. The van der Waals surface area contributed by atoms with Gasteiger partial charge in [-0.05, 0) is 32.5 Å². The zero-order valence-electron chi connectivity index (χ0n) is 14.0. The Labute approximate surface area is 144 Å². The van der Waals surface area contributed by atoms with Crippen LogP contribution in [0.5, 0.6) is 0 Å². The van der Waals surface area contributed by atoms with Crippen molar-refractivity contribution in [2.24, 2.45) is 5.92 Å². The fourth-order valence-electron chi connectivity index (χ4n) is 3.02. The van der Waals surface area contributed by atoms with Crippen molar-refractivity contribution >= 4 is 29.9 Å². The van der Waals surface area contributed by atoms with Gasteiger partial charge in [0.1, 0.15) is 6.04 Å². The lowest BCUT2D eigenvalue weighted by Gasteiger charge is -2.29. The summed E-state index contributed by atoms with van der Waals surface area (Å²) in [6, 6.07) is 9.31. The van der Waals surface area contributed by atoms with E-state index in [4.69, 9.17) is 0 Å². The van der Waals surface area contributed by atoms with Crippen molar-refractivity contribution in [2.45, 2.75) is 26.3 Å². The summed E-state index contributed by atoms with van der Waals surface area (Å²) < 4.78 is 0. The van der Waals surface area contributed by atoms with E-state index in [2.05, 4.69) is 5.32 Å². The van der Waals surface area contributed by atoms with Gasteiger partial charge in [-0.25, -0.2) is 0 Å². The van der Waals surface area contributed by atoms with Crippen molar-refractivity contribution < 1.29 is 9.59 Å². The van der Waals surface area contributed by atoms with Gasteiger partial charge in [0, 0.05) is 31.2 Å². The highest BCUT2D eigenvalue weighted by atomic mass is 35.5. The van der Waals surface area contributed by atoms with Gasteiger partial charge in [-0.1, -0.05) is 25.1 Å². The summed E-state index contributed by atoms with van der Waals surface area (Å²) in [7, 11) is 1.83. The molecule has 2 rings (SSSR count). The topological polar surface area (TPSA) is 52.7 Å². The van der Waals surface area contributed by atoms with Crippen LogP contribution in [0.3, 0.4) is 0 Å². The summed E-state index contributed by atoms with van der Waals surface area (Å²) >= 11 is 0. The molecule has 0 aliphatic carbocycles. The molecule has 1 N–H and O–H groups in total. The predicted molar refractivity (Wildman–Crippen MR) is 94.9 cm³/mol. The van der Waals surface area contributed by atoms with Crippen LogP contribution < -0.4 is 10.2 Å². The molecular formula is C17H26ClN3O2. The average Bonchev–Trinajstić information content (AvgIpc) is 2.91. The largest absolute Gasteiger partial charge is 0.331 e. The van der Waals surface area contributed by atoms with Gasteiger partial charge < -0.3 is 15.1 Å². The molecule has 2 amide bonds. The number of carbonyl (C=O) groups excluding carboxylic acids is 2. The van der Waals surface area contributed by atoms with E-state index in [-0.39, 0.29) is 36.2 Å². The van der Waals surface area contributed by atoms with Crippen LogP contribution in [0.1, 0.15) is 20.3 Å². The summed E-state index contributed by atoms with van der Waals surface area (Å²) in [5.74, 6) is -0.0494. The molecule has 6 heteroatoms. The molecule has 2 unspecified atom stereocenters. The Kier molecular flexibility index (Phi) is 7.52. The fourth-order valence-corrected chi connectivity index (χ4v) is 3.02. The maximum atomic E-state index is 12.7.